The van der Waals surface area contributed by atoms with Crippen LogP contribution in [0.4, 0.5) is 0 Å². The van der Waals surface area contributed by atoms with E-state index in [1.54, 1.807) is 0 Å². The Kier molecular flexibility index (Phi) is 5.96. The zero-order valence-corrected chi connectivity index (χ0v) is 13.3. The number of nitrogens with zero attached hydrogens (tertiary/aromatic N) is 1. The van der Waals surface area contributed by atoms with Crippen molar-refractivity contribution in [2.45, 2.75) is 25.9 Å². The minimum Gasteiger partial charge on any atom is -0.492 e. The third-order valence-corrected chi connectivity index (χ3v) is 4.11. The summed E-state index contributed by atoms with van der Waals surface area (Å²) in [5.74, 6) is 1.28. The van der Waals surface area contributed by atoms with Crippen LogP contribution in [0, 0.1) is 5.92 Å². The van der Waals surface area contributed by atoms with Gasteiger partial charge in [0.2, 0.25) is 0 Å². The van der Waals surface area contributed by atoms with Crippen LogP contribution in [-0.4, -0.2) is 47.3 Å². The molecule has 1 fully saturated rings. The highest BCUT2D eigenvalue weighted by molar-refractivity contribution is 7.80. The average molecular weight is 308 g/mol. The Morgan fingerprint density at radius 3 is 2.76 bits per heavy atom. The van der Waals surface area contributed by atoms with Gasteiger partial charge in [-0.15, -0.1) is 0 Å². The maximum atomic E-state index is 9.59. The molecular weight excluding hydrogens is 284 g/mol. The van der Waals surface area contributed by atoms with E-state index in [1.165, 1.54) is 0 Å². The first kappa shape index (κ1) is 16.2. The van der Waals surface area contributed by atoms with Gasteiger partial charge in [-0.2, -0.15) is 0 Å². The number of likely N-dealkylation sites (tertiary alicyclic amines) is 1. The molecule has 4 nitrogen and oxygen atoms in total. The summed E-state index contributed by atoms with van der Waals surface area (Å²) in [4.78, 5) is 2.85. The molecule has 0 amide bonds. The van der Waals surface area contributed by atoms with E-state index in [4.69, 9.17) is 22.7 Å². The largest absolute Gasteiger partial charge is 0.492 e. The molecule has 1 aliphatic heterocycles. The topological polar surface area (TPSA) is 58.7 Å². The van der Waals surface area contributed by atoms with E-state index < -0.39 is 0 Å². The normalized spacial score (nSPS) is 20.4. The lowest BCUT2D eigenvalue weighted by Crippen LogP contribution is -2.28. The average Bonchev–Trinajstić information content (AvgIpc) is 2.89. The molecule has 2 unspecified atom stereocenters. The third-order valence-electron chi connectivity index (χ3n) is 3.97. The predicted molar refractivity (Wildman–Crippen MR) is 88.7 cm³/mol. The Balaban J connectivity index is 1.70. The number of aliphatic hydroxyl groups excluding tert-OH is 1. The monoisotopic (exact) mass is 308 g/mol. The first-order chi connectivity index (χ1) is 10.0. The lowest BCUT2D eigenvalue weighted by atomic mass is 10.0. The smallest absolute Gasteiger partial charge is 0.119 e. The van der Waals surface area contributed by atoms with Gasteiger partial charge in [-0.25, -0.2) is 0 Å². The van der Waals surface area contributed by atoms with E-state index in [9.17, 15) is 5.11 Å². The van der Waals surface area contributed by atoms with Gasteiger partial charge in [0.1, 0.15) is 12.4 Å². The highest BCUT2D eigenvalue weighted by Gasteiger charge is 2.25. The molecule has 0 saturated carbocycles. The van der Waals surface area contributed by atoms with Gasteiger partial charge in [-0.1, -0.05) is 24.4 Å². The number of rotatable bonds is 7. The minimum atomic E-state index is -0.211. The summed E-state index contributed by atoms with van der Waals surface area (Å²) in [7, 11) is 0. The predicted octanol–water partition coefficient (Wildman–Crippen LogP) is 1.60. The van der Waals surface area contributed by atoms with Crippen molar-refractivity contribution in [2.24, 2.45) is 11.7 Å². The maximum absolute atomic E-state index is 9.59. The molecule has 1 saturated heterocycles. The van der Waals surface area contributed by atoms with Crippen LogP contribution in [0.1, 0.15) is 18.9 Å². The zero-order chi connectivity index (χ0) is 15.2. The van der Waals surface area contributed by atoms with Gasteiger partial charge < -0.3 is 15.6 Å². The third kappa shape index (κ3) is 5.26. The van der Waals surface area contributed by atoms with Crippen molar-refractivity contribution in [3.8, 4) is 5.75 Å². The van der Waals surface area contributed by atoms with Gasteiger partial charge in [0.25, 0.3) is 0 Å². The van der Waals surface area contributed by atoms with Crippen LogP contribution in [0.25, 0.3) is 0 Å². The van der Waals surface area contributed by atoms with E-state index in [0.29, 0.717) is 23.9 Å². The zero-order valence-electron chi connectivity index (χ0n) is 12.5. The lowest BCUT2D eigenvalue weighted by molar-refractivity contribution is 0.125. The van der Waals surface area contributed by atoms with Crippen molar-refractivity contribution in [3.63, 3.8) is 0 Å². The number of benzene rings is 1. The van der Waals surface area contributed by atoms with E-state index in [1.807, 2.05) is 31.2 Å². The van der Waals surface area contributed by atoms with Crippen LogP contribution in [0.2, 0.25) is 0 Å². The Hall–Kier alpha value is -1.17. The van der Waals surface area contributed by atoms with Crippen LogP contribution in [0.15, 0.2) is 24.3 Å². The highest BCUT2D eigenvalue weighted by atomic mass is 32.1. The van der Waals surface area contributed by atoms with Crippen molar-refractivity contribution in [1.29, 1.82) is 0 Å². The number of ether oxygens (including phenoxy) is 1. The Morgan fingerprint density at radius 1 is 1.48 bits per heavy atom. The van der Waals surface area contributed by atoms with Crippen molar-refractivity contribution in [1.82, 2.24) is 4.90 Å². The van der Waals surface area contributed by atoms with E-state index in [0.717, 1.165) is 37.4 Å². The summed E-state index contributed by atoms with van der Waals surface area (Å²) in [5, 5.41) is 9.59. The number of hydrogen-bond acceptors (Lipinski definition) is 4. The SMILES string of the molecule is CC(O)C1CCN(CCOc2ccc(CC(N)=S)cc2)C1. The molecule has 0 aliphatic carbocycles. The molecule has 1 heterocycles. The summed E-state index contributed by atoms with van der Waals surface area (Å²) in [6, 6.07) is 7.90. The van der Waals surface area contributed by atoms with Gasteiger partial charge in [0.05, 0.1) is 11.1 Å². The molecular formula is C16H24N2O2S. The summed E-state index contributed by atoms with van der Waals surface area (Å²) in [6.07, 6.45) is 1.49. The fourth-order valence-electron chi connectivity index (χ4n) is 2.66. The second kappa shape index (κ2) is 7.73. The first-order valence-corrected chi connectivity index (χ1v) is 7.86. The molecule has 1 aromatic carbocycles. The quantitative estimate of drug-likeness (QED) is 0.749. The Bertz CT molecular complexity index is 462. The summed E-state index contributed by atoms with van der Waals surface area (Å²) in [6.45, 7) is 5.46. The number of hydrogen-bond donors (Lipinski definition) is 2. The van der Waals surface area contributed by atoms with E-state index >= 15 is 0 Å². The van der Waals surface area contributed by atoms with Gasteiger partial charge in [-0.3, -0.25) is 4.90 Å². The molecule has 3 N–H and O–H groups in total. The fourth-order valence-corrected chi connectivity index (χ4v) is 2.82. The van der Waals surface area contributed by atoms with Crippen molar-refractivity contribution in [2.75, 3.05) is 26.2 Å². The molecule has 21 heavy (non-hydrogen) atoms. The van der Waals surface area contributed by atoms with Crippen molar-refractivity contribution in [3.05, 3.63) is 29.8 Å². The number of thiocarbonyl (C=S) groups is 1. The number of nitrogens with two attached hydrogens (primary N) is 1. The van der Waals surface area contributed by atoms with E-state index in [-0.39, 0.29) is 6.10 Å². The fraction of sp³-hybridized carbons (Fsp3) is 0.562. The van der Waals surface area contributed by atoms with Crippen LogP contribution in [-0.2, 0) is 6.42 Å². The van der Waals surface area contributed by atoms with Gasteiger partial charge >= 0.3 is 0 Å². The van der Waals surface area contributed by atoms with Gasteiger partial charge in [0.15, 0.2) is 0 Å². The van der Waals surface area contributed by atoms with Gasteiger partial charge in [-0.05, 0) is 43.5 Å². The molecule has 1 aromatic rings. The van der Waals surface area contributed by atoms with Gasteiger partial charge in [0, 0.05) is 19.5 Å². The summed E-state index contributed by atoms with van der Waals surface area (Å²) >= 11 is 4.89. The molecule has 116 valence electrons. The molecule has 1 aliphatic rings. The summed E-state index contributed by atoms with van der Waals surface area (Å²) < 4.78 is 5.76. The molecule has 0 aromatic heterocycles. The van der Waals surface area contributed by atoms with Crippen LogP contribution < -0.4 is 10.5 Å². The van der Waals surface area contributed by atoms with Crippen LogP contribution in [0.5, 0.6) is 5.75 Å². The Labute approximate surface area is 131 Å². The van der Waals surface area contributed by atoms with E-state index in [2.05, 4.69) is 4.90 Å². The molecule has 0 radical (unpaired) electrons. The first-order valence-electron chi connectivity index (χ1n) is 7.45. The summed E-state index contributed by atoms with van der Waals surface area (Å²) in [5.41, 5.74) is 6.63. The number of aliphatic hydroxyl groups is 1. The Morgan fingerprint density at radius 2 is 2.19 bits per heavy atom. The standard InChI is InChI=1S/C16H24N2O2S/c1-12(19)14-6-7-18(11-14)8-9-20-15-4-2-13(3-5-15)10-16(17)21/h2-5,12,14,19H,6-11H2,1H3,(H2,17,21). The lowest BCUT2D eigenvalue weighted by Gasteiger charge is -2.17. The van der Waals surface area contributed by atoms with Crippen LogP contribution >= 0.6 is 12.2 Å². The van der Waals surface area contributed by atoms with Crippen molar-refractivity contribution >= 4 is 17.2 Å². The molecule has 2 rings (SSSR count). The highest BCUT2D eigenvalue weighted by Crippen LogP contribution is 2.19. The molecule has 0 bridgehead atoms. The maximum Gasteiger partial charge on any atom is 0.119 e. The van der Waals surface area contributed by atoms with Crippen LogP contribution in [0.3, 0.4) is 0 Å². The molecule has 2 atom stereocenters. The van der Waals surface area contributed by atoms with Crippen molar-refractivity contribution < 1.29 is 9.84 Å². The molecule has 5 heteroatoms. The molecule has 0 spiro atoms. The second-order valence-corrected chi connectivity index (χ2v) is 6.25. The minimum absolute atomic E-state index is 0.211. The second-order valence-electron chi connectivity index (χ2n) is 5.73.